The SMILES string of the molecule is CCN(CC)C(=O)N(C(C)=O)c1ccc(OCC(O)CNC(C)(C)C)cc1. The van der Waals surface area contributed by atoms with Gasteiger partial charge >= 0.3 is 6.03 Å². The van der Waals surface area contributed by atoms with Gasteiger partial charge in [0, 0.05) is 32.1 Å². The monoisotopic (exact) mass is 379 g/mol. The normalized spacial score (nSPS) is 12.4. The highest BCUT2D eigenvalue weighted by atomic mass is 16.5. The van der Waals surface area contributed by atoms with E-state index in [1.165, 1.54) is 6.92 Å². The van der Waals surface area contributed by atoms with E-state index in [1.54, 1.807) is 29.2 Å². The summed E-state index contributed by atoms with van der Waals surface area (Å²) in [6, 6.07) is 6.36. The molecule has 1 atom stereocenters. The molecule has 1 aromatic carbocycles. The van der Waals surface area contributed by atoms with Gasteiger partial charge < -0.3 is 20.1 Å². The number of urea groups is 1. The lowest BCUT2D eigenvalue weighted by Crippen LogP contribution is -2.45. The molecule has 1 aromatic rings. The van der Waals surface area contributed by atoms with Gasteiger partial charge in [-0.05, 0) is 58.9 Å². The van der Waals surface area contributed by atoms with Crippen LogP contribution in [-0.2, 0) is 4.79 Å². The third-order valence-electron chi connectivity index (χ3n) is 3.95. The van der Waals surface area contributed by atoms with Crippen molar-refractivity contribution in [1.29, 1.82) is 0 Å². The van der Waals surface area contributed by atoms with Crippen molar-refractivity contribution in [3.05, 3.63) is 24.3 Å². The molecule has 0 aliphatic carbocycles. The summed E-state index contributed by atoms with van der Waals surface area (Å²) in [5.41, 5.74) is 0.414. The molecule has 0 saturated carbocycles. The topological polar surface area (TPSA) is 82.1 Å². The Morgan fingerprint density at radius 3 is 2.15 bits per heavy atom. The molecule has 0 saturated heterocycles. The van der Waals surface area contributed by atoms with Crippen LogP contribution >= 0.6 is 0 Å². The van der Waals surface area contributed by atoms with Gasteiger partial charge in [-0.15, -0.1) is 0 Å². The summed E-state index contributed by atoms with van der Waals surface area (Å²) in [5, 5.41) is 13.2. The Morgan fingerprint density at radius 2 is 1.70 bits per heavy atom. The summed E-state index contributed by atoms with van der Waals surface area (Å²) in [4.78, 5) is 27.3. The zero-order valence-corrected chi connectivity index (χ0v) is 17.3. The van der Waals surface area contributed by atoms with E-state index < -0.39 is 6.10 Å². The molecule has 0 fully saturated rings. The number of carbonyl (C=O) groups excluding carboxylic acids is 2. The summed E-state index contributed by atoms with van der Waals surface area (Å²) in [6.07, 6.45) is -0.637. The average molecular weight is 380 g/mol. The van der Waals surface area contributed by atoms with E-state index in [4.69, 9.17) is 4.74 Å². The number of hydrogen-bond donors (Lipinski definition) is 2. The first kappa shape index (κ1) is 22.9. The zero-order chi connectivity index (χ0) is 20.6. The van der Waals surface area contributed by atoms with Gasteiger partial charge in [0.2, 0.25) is 5.91 Å². The summed E-state index contributed by atoms with van der Waals surface area (Å²) in [5.74, 6) is 0.219. The van der Waals surface area contributed by atoms with E-state index in [1.807, 2.05) is 34.6 Å². The van der Waals surface area contributed by atoms with Crippen molar-refractivity contribution in [3.8, 4) is 5.75 Å². The highest BCUT2D eigenvalue weighted by Gasteiger charge is 2.24. The Kier molecular flexibility index (Phi) is 8.72. The Labute approximate surface area is 162 Å². The molecular weight excluding hydrogens is 346 g/mol. The largest absolute Gasteiger partial charge is 0.491 e. The second-order valence-corrected chi connectivity index (χ2v) is 7.40. The Bertz CT molecular complexity index is 607. The molecule has 0 aliphatic rings. The van der Waals surface area contributed by atoms with Gasteiger partial charge in [-0.25, -0.2) is 9.69 Å². The van der Waals surface area contributed by atoms with E-state index in [9.17, 15) is 14.7 Å². The van der Waals surface area contributed by atoms with Crippen LogP contribution in [0, 0.1) is 0 Å². The molecule has 0 radical (unpaired) electrons. The Hall–Kier alpha value is -2.12. The molecule has 27 heavy (non-hydrogen) atoms. The minimum Gasteiger partial charge on any atom is -0.491 e. The van der Waals surface area contributed by atoms with Crippen LogP contribution < -0.4 is 15.0 Å². The van der Waals surface area contributed by atoms with Crippen molar-refractivity contribution in [2.75, 3.05) is 31.1 Å². The lowest BCUT2D eigenvalue weighted by Gasteiger charge is -2.27. The van der Waals surface area contributed by atoms with Crippen molar-refractivity contribution in [2.45, 2.75) is 53.2 Å². The molecule has 7 nitrogen and oxygen atoms in total. The van der Waals surface area contributed by atoms with Crippen molar-refractivity contribution in [3.63, 3.8) is 0 Å². The molecule has 7 heteroatoms. The standard InChI is InChI=1S/C20H33N3O4/c1-7-22(8-2)19(26)23(15(3)24)16-9-11-18(12-10-16)27-14-17(25)13-21-20(4,5)6/h9-12,17,21,25H,7-8,13-14H2,1-6H3. The van der Waals surface area contributed by atoms with Gasteiger partial charge in [0.15, 0.2) is 0 Å². The van der Waals surface area contributed by atoms with Gasteiger partial charge in [-0.1, -0.05) is 0 Å². The number of amides is 3. The number of nitrogens with one attached hydrogen (secondary N) is 1. The zero-order valence-electron chi connectivity index (χ0n) is 17.3. The van der Waals surface area contributed by atoms with Crippen molar-refractivity contribution >= 4 is 17.6 Å². The van der Waals surface area contributed by atoms with Crippen LogP contribution in [0.15, 0.2) is 24.3 Å². The van der Waals surface area contributed by atoms with E-state index in [0.29, 0.717) is 31.1 Å². The summed E-state index contributed by atoms with van der Waals surface area (Å²) in [6.45, 7) is 12.8. The molecule has 0 heterocycles. The predicted molar refractivity (Wildman–Crippen MR) is 107 cm³/mol. The number of β-amino-alcohol motifs (C(OH)–C–C–N with tert-alkyl or cyclic N) is 1. The minimum absolute atomic E-state index is 0.0732. The molecule has 3 amide bonds. The quantitative estimate of drug-likeness (QED) is 0.726. The number of ether oxygens (including phenoxy) is 1. The smallest absolute Gasteiger partial charge is 0.331 e. The van der Waals surface area contributed by atoms with E-state index in [0.717, 1.165) is 4.90 Å². The van der Waals surface area contributed by atoms with E-state index >= 15 is 0 Å². The number of carbonyl (C=O) groups is 2. The van der Waals surface area contributed by atoms with Crippen LogP contribution in [0.3, 0.4) is 0 Å². The maximum Gasteiger partial charge on any atom is 0.331 e. The fraction of sp³-hybridized carbons (Fsp3) is 0.600. The maximum absolute atomic E-state index is 12.6. The summed E-state index contributed by atoms with van der Waals surface area (Å²) >= 11 is 0. The third-order valence-corrected chi connectivity index (χ3v) is 3.95. The second kappa shape index (κ2) is 10.3. The van der Waals surface area contributed by atoms with Crippen LogP contribution in [0.1, 0.15) is 41.5 Å². The second-order valence-electron chi connectivity index (χ2n) is 7.40. The first-order chi connectivity index (χ1) is 12.6. The maximum atomic E-state index is 12.6. The molecule has 2 N–H and O–H groups in total. The van der Waals surface area contributed by atoms with Gasteiger partial charge in [0.25, 0.3) is 0 Å². The van der Waals surface area contributed by atoms with E-state index in [-0.39, 0.29) is 24.1 Å². The highest BCUT2D eigenvalue weighted by Crippen LogP contribution is 2.21. The van der Waals surface area contributed by atoms with Crippen molar-refractivity contribution in [1.82, 2.24) is 10.2 Å². The van der Waals surface area contributed by atoms with E-state index in [2.05, 4.69) is 5.32 Å². The number of hydrogen-bond acceptors (Lipinski definition) is 5. The molecule has 0 aliphatic heterocycles. The number of aliphatic hydroxyl groups excluding tert-OH is 1. The van der Waals surface area contributed by atoms with Crippen LogP contribution in [0.2, 0.25) is 0 Å². The molecule has 0 aromatic heterocycles. The number of rotatable bonds is 8. The first-order valence-electron chi connectivity index (χ1n) is 9.34. The summed E-state index contributed by atoms with van der Waals surface area (Å²) in [7, 11) is 0. The van der Waals surface area contributed by atoms with Crippen molar-refractivity contribution in [2.24, 2.45) is 0 Å². The van der Waals surface area contributed by atoms with Gasteiger partial charge in [-0.2, -0.15) is 0 Å². The van der Waals surface area contributed by atoms with Crippen molar-refractivity contribution < 1.29 is 19.4 Å². The molecule has 0 bridgehead atoms. The molecule has 1 unspecified atom stereocenters. The lowest BCUT2D eigenvalue weighted by atomic mass is 10.1. The Balaban J connectivity index is 2.73. The fourth-order valence-corrected chi connectivity index (χ4v) is 2.43. The fourth-order valence-electron chi connectivity index (χ4n) is 2.43. The predicted octanol–water partition coefficient (Wildman–Crippen LogP) is 2.63. The highest BCUT2D eigenvalue weighted by molar-refractivity contribution is 6.13. The Morgan fingerprint density at radius 1 is 1.15 bits per heavy atom. The number of aliphatic hydroxyl groups is 1. The van der Waals surface area contributed by atoms with Crippen LogP contribution in [0.4, 0.5) is 10.5 Å². The number of imide groups is 1. The molecule has 152 valence electrons. The number of nitrogens with zero attached hydrogens (tertiary/aromatic N) is 2. The molecular formula is C20H33N3O4. The van der Waals surface area contributed by atoms with Gasteiger partial charge in [0.1, 0.15) is 18.5 Å². The van der Waals surface area contributed by atoms with Crippen LogP contribution in [0.5, 0.6) is 5.75 Å². The van der Waals surface area contributed by atoms with Crippen LogP contribution in [0.25, 0.3) is 0 Å². The average Bonchev–Trinajstić information content (AvgIpc) is 2.59. The van der Waals surface area contributed by atoms with Crippen LogP contribution in [-0.4, -0.2) is 59.8 Å². The number of benzene rings is 1. The molecule has 0 spiro atoms. The van der Waals surface area contributed by atoms with Gasteiger partial charge in [0.05, 0.1) is 5.69 Å². The van der Waals surface area contributed by atoms with Gasteiger partial charge in [-0.3, -0.25) is 4.79 Å². The molecule has 1 rings (SSSR count). The summed E-state index contributed by atoms with van der Waals surface area (Å²) < 4.78 is 5.59. The number of anilines is 1. The first-order valence-corrected chi connectivity index (χ1v) is 9.34. The lowest BCUT2D eigenvalue weighted by molar-refractivity contribution is -0.116. The minimum atomic E-state index is -0.637. The third kappa shape index (κ3) is 7.56.